The molecule has 4 aliphatic heterocycles. The zero-order valence-corrected chi connectivity index (χ0v) is 26.4. The maximum Gasteiger partial charge on any atom is 0.323 e. The Hall–Kier alpha value is -4.33. The first-order chi connectivity index (χ1) is 22.4. The Morgan fingerprint density at radius 3 is 2.04 bits per heavy atom. The topological polar surface area (TPSA) is 128 Å². The lowest BCUT2D eigenvalue weighted by molar-refractivity contribution is 0.0783. The Morgan fingerprint density at radius 2 is 1.41 bits per heavy atom. The number of nitrogens with one attached hydrogen (secondary N) is 2. The number of hydrogen-bond donors (Lipinski definition) is 2. The van der Waals surface area contributed by atoms with Gasteiger partial charge in [-0.05, 0) is 81.9 Å². The number of ether oxygens (including phenoxy) is 2. The molecule has 0 saturated carbocycles. The summed E-state index contributed by atoms with van der Waals surface area (Å²) in [6, 6.07) is 15.1. The highest BCUT2D eigenvalue weighted by Crippen LogP contribution is 2.34. The van der Waals surface area contributed by atoms with E-state index in [-0.39, 0.29) is 24.0 Å². The predicted octanol–water partition coefficient (Wildman–Crippen LogP) is 3.16. The van der Waals surface area contributed by atoms with Crippen molar-refractivity contribution in [3.63, 3.8) is 0 Å². The number of aromatic nitrogens is 3. The lowest BCUT2D eigenvalue weighted by Gasteiger charge is -2.35. The fraction of sp³-hybridized carbons (Fsp3) is 0.485. The van der Waals surface area contributed by atoms with Crippen molar-refractivity contribution >= 4 is 35.2 Å². The Bertz CT molecular complexity index is 1530. The van der Waals surface area contributed by atoms with Crippen LogP contribution in [0.4, 0.5) is 28.1 Å². The van der Waals surface area contributed by atoms with E-state index in [1.54, 1.807) is 24.3 Å². The van der Waals surface area contributed by atoms with E-state index >= 15 is 0 Å². The minimum absolute atomic E-state index is 0.0140. The predicted molar refractivity (Wildman–Crippen MR) is 175 cm³/mol. The van der Waals surface area contributed by atoms with Gasteiger partial charge >= 0.3 is 6.03 Å². The summed E-state index contributed by atoms with van der Waals surface area (Å²) in [4.78, 5) is 48.9. The van der Waals surface area contributed by atoms with Crippen LogP contribution in [-0.4, -0.2) is 122 Å². The average Bonchev–Trinajstić information content (AvgIpc) is 3.68. The summed E-state index contributed by atoms with van der Waals surface area (Å²) in [7, 11) is 4.09. The highest BCUT2D eigenvalue weighted by Gasteiger charge is 2.39. The highest BCUT2D eigenvalue weighted by molar-refractivity contribution is 6.00. The van der Waals surface area contributed by atoms with Crippen molar-refractivity contribution in [1.82, 2.24) is 24.8 Å². The second-order valence-corrected chi connectivity index (χ2v) is 12.6. The molecule has 46 heavy (non-hydrogen) atoms. The molecule has 4 aliphatic rings. The summed E-state index contributed by atoms with van der Waals surface area (Å²) in [6.45, 7) is 5.58. The molecule has 3 atom stereocenters. The molecule has 2 unspecified atom stereocenters. The standard InChI is InChI=1S/C33H41N9O4/c1-39(2)26-13-14-41(19-26)30(43)23-5-9-25(10-6-23)35-33(44)34-24-7-3-22(4-8-24)29-36-31(40-15-17-45-18-16-40)38-32(37-29)42-27-11-12-28(42)21-46-20-27/h3-10,26-28H,11-21H2,1-2H3,(H2,34,35,44)/t26-,27?,28?/m0/s1. The number of hydrogen-bond acceptors (Lipinski definition) is 10. The molecule has 242 valence electrons. The summed E-state index contributed by atoms with van der Waals surface area (Å²) in [5.74, 6) is 1.95. The molecule has 4 saturated heterocycles. The van der Waals surface area contributed by atoms with Gasteiger partial charge in [-0.2, -0.15) is 15.0 Å². The van der Waals surface area contributed by atoms with E-state index in [0.29, 0.717) is 67.1 Å². The van der Waals surface area contributed by atoms with Gasteiger partial charge in [0.15, 0.2) is 5.82 Å². The van der Waals surface area contributed by atoms with Crippen molar-refractivity contribution in [2.75, 3.05) is 87.1 Å². The molecule has 1 aromatic heterocycles. The molecule has 0 radical (unpaired) electrons. The monoisotopic (exact) mass is 627 g/mol. The van der Waals surface area contributed by atoms with Crippen LogP contribution in [0.25, 0.3) is 11.4 Å². The minimum Gasteiger partial charge on any atom is -0.378 e. The minimum atomic E-state index is -0.375. The van der Waals surface area contributed by atoms with E-state index in [1.165, 1.54) is 0 Å². The first kappa shape index (κ1) is 30.3. The third-order valence-electron chi connectivity index (χ3n) is 9.35. The van der Waals surface area contributed by atoms with E-state index < -0.39 is 0 Å². The number of anilines is 4. The van der Waals surface area contributed by atoms with E-state index in [2.05, 4.69) is 25.3 Å². The molecule has 7 rings (SSSR count). The first-order valence-electron chi connectivity index (χ1n) is 16.1. The molecule has 5 heterocycles. The molecule has 3 amide bonds. The summed E-state index contributed by atoms with van der Waals surface area (Å²) < 4.78 is 11.4. The van der Waals surface area contributed by atoms with Gasteiger partial charge in [-0.15, -0.1) is 0 Å². The number of likely N-dealkylation sites (tertiary alicyclic amines) is 1. The summed E-state index contributed by atoms with van der Waals surface area (Å²) in [5, 5.41) is 5.74. The Balaban J connectivity index is 1.01. The lowest BCUT2D eigenvalue weighted by Crippen LogP contribution is -2.47. The molecule has 3 aromatic rings. The van der Waals surface area contributed by atoms with Crippen LogP contribution in [0.15, 0.2) is 48.5 Å². The van der Waals surface area contributed by atoms with Crippen molar-refractivity contribution < 1.29 is 19.1 Å². The van der Waals surface area contributed by atoms with Gasteiger partial charge in [0.1, 0.15) is 0 Å². The molecule has 2 N–H and O–H groups in total. The van der Waals surface area contributed by atoms with Gasteiger partial charge in [0.2, 0.25) is 11.9 Å². The molecule has 2 bridgehead atoms. The summed E-state index contributed by atoms with van der Waals surface area (Å²) in [5.41, 5.74) is 2.68. The van der Waals surface area contributed by atoms with Crippen LogP contribution in [0.3, 0.4) is 0 Å². The molecule has 0 spiro atoms. The van der Waals surface area contributed by atoms with Crippen LogP contribution < -0.4 is 20.4 Å². The zero-order chi connectivity index (χ0) is 31.6. The Kier molecular flexibility index (Phi) is 8.69. The lowest BCUT2D eigenvalue weighted by atomic mass is 10.2. The normalized spacial score (nSPS) is 22.8. The molecule has 2 aromatic carbocycles. The molecule has 4 fully saturated rings. The smallest absolute Gasteiger partial charge is 0.323 e. The van der Waals surface area contributed by atoms with Crippen LogP contribution in [0.5, 0.6) is 0 Å². The Labute approximate surface area is 268 Å². The average molecular weight is 628 g/mol. The number of rotatable bonds is 7. The van der Waals surface area contributed by atoms with E-state index in [9.17, 15) is 9.59 Å². The molecule has 13 heteroatoms. The number of urea groups is 1. The zero-order valence-electron chi connectivity index (χ0n) is 26.4. The van der Waals surface area contributed by atoms with Crippen molar-refractivity contribution in [3.05, 3.63) is 54.1 Å². The summed E-state index contributed by atoms with van der Waals surface area (Å²) >= 11 is 0. The number of morpholine rings is 2. The third-order valence-corrected chi connectivity index (χ3v) is 9.35. The number of fused-ring (bicyclic) bond motifs is 2. The van der Waals surface area contributed by atoms with Gasteiger partial charge in [-0.25, -0.2) is 4.79 Å². The number of carbonyl (C=O) groups excluding carboxylic acids is 2. The van der Waals surface area contributed by atoms with Gasteiger partial charge in [-0.3, -0.25) is 4.79 Å². The maximum absolute atomic E-state index is 12.9. The van der Waals surface area contributed by atoms with E-state index in [0.717, 1.165) is 51.0 Å². The van der Waals surface area contributed by atoms with Gasteiger partial charge in [-0.1, -0.05) is 0 Å². The highest BCUT2D eigenvalue weighted by atomic mass is 16.5. The molecular weight excluding hydrogens is 586 g/mol. The second-order valence-electron chi connectivity index (χ2n) is 12.6. The quantitative estimate of drug-likeness (QED) is 0.403. The fourth-order valence-corrected chi connectivity index (χ4v) is 6.68. The third kappa shape index (κ3) is 6.48. The van der Waals surface area contributed by atoms with Gasteiger partial charge in [0, 0.05) is 54.7 Å². The first-order valence-corrected chi connectivity index (χ1v) is 16.1. The summed E-state index contributed by atoms with van der Waals surface area (Å²) in [6.07, 6.45) is 3.11. The number of benzene rings is 2. The van der Waals surface area contributed by atoms with Crippen molar-refractivity contribution in [2.45, 2.75) is 37.4 Å². The van der Waals surface area contributed by atoms with Crippen molar-refractivity contribution in [2.24, 2.45) is 0 Å². The SMILES string of the molecule is CN(C)[C@H]1CCN(C(=O)c2ccc(NC(=O)Nc3ccc(-c4nc(N5CCOCC5)nc(N5C6CCC5COC6)n4)cc3)cc2)C1. The fourth-order valence-electron chi connectivity index (χ4n) is 6.68. The van der Waals surface area contributed by atoms with Gasteiger partial charge < -0.3 is 39.7 Å². The number of nitrogens with zero attached hydrogens (tertiary/aromatic N) is 7. The van der Waals surface area contributed by atoms with Crippen LogP contribution in [0.2, 0.25) is 0 Å². The molecule has 13 nitrogen and oxygen atoms in total. The number of amides is 3. The van der Waals surface area contributed by atoms with Crippen LogP contribution in [0, 0.1) is 0 Å². The van der Waals surface area contributed by atoms with Crippen molar-refractivity contribution in [3.8, 4) is 11.4 Å². The van der Waals surface area contributed by atoms with E-state index in [4.69, 9.17) is 24.4 Å². The molecular formula is C33H41N9O4. The second kappa shape index (κ2) is 13.2. The van der Waals surface area contributed by atoms with Crippen LogP contribution in [0.1, 0.15) is 29.6 Å². The van der Waals surface area contributed by atoms with Crippen LogP contribution in [-0.2, 0) is 9.47 Å². The van der Waals surface area contributed by atoms with Gasteiger partial charge in [0.05, 0.1) is 38.5 Å². The largest absolute Gasteiger partial charge is 0.378 e. The number of likely N-dealkylation sites (N-methyl/N-ethyl adjacent to an activating group) is 1. The van der Waals surface area contributed by atoms with Gasteiger partial charge in [0.25, 0.3) is 5.91 Å². The Morgan fingerprint density at radius 1 is 0.783 bits per heavy atom. The molecule has 0 aliphatic carbocycles. The van der Waals surface area contributed by atoms with E-state index in [1.807, 2.05) is 43.3 Å². The maximum atomic E-state index is 12.9. The van der Waals surface area contributed by atoms with Crippen molar-refractivity contribution in [1.29, 1.82) is 0 Å². The number of carbonyl (C=O) groups is 2. The van der Waals surface area contributed by atoms with Crippen LogP contribution >= 0.6 is 0 Å².